The minimum absolute atomic E-state index is 0.263. The van der Waals surface area contributed by atoms with Crippen LogP contribution in [0.15, 0.2) is 67.0 Å². The van der Waals surface area contributed by atoms with Crippen LogP contribution in [-0.4, -0.2) is 15.9 Å². The number of halogens is 1. The summed E-state index contributed by atoms with van der Waals surface area (Å²) in [7, 11) is 0. The smallest absolute Gasteiger partial charge is 0.257 e. The highest BCUT2D eigenvalue weighted by atomic mass is 35.5. The summed E-state index contributed by atoms with van der Waals surface area (Å²) in [5, 5.41) is 3.14. The van der Waals surface area contributed by atoms with Crippen LogP contribution in [0.25, 0.3) is 0 Å². The van der Waals surface area contributed by atoms with Gasteiger partial charge in [-0.2, -0.15) is 0 Å². The van der Waals surface area contributed by atoms with Gasteiger partial charge in [-0.05, 0) is 36.4 Å². The third-order valence-electron chi connectivity index (χ3n) is 3.19. The number of hydrogen-bond donors (Lipinski definition) is 1. The van der Waals surface area contributed by atoms with Gasteiger partial charge in [-0.25, -0.2) is 4.98 Å². The molecule has 0 saturated heterocycles. The lowest BCUT2D eigenvalue weighted by molar-refractivity contribution is 0.102. The van der Waals surface area contributed by atoms with Crippen molar-refractivity contribution in [2.45, 2.75) is 6.61 Å². The lowest BCUT2D eigenvalue weighted by atomic mass is 10.2. The van der Waals surface area contributed by atoms with E-state index in [2.05, 4.69) is 15.3 Å². The van der Waals surface area contributed by atoms with Gasteiger partial charge < -0.3 is 10.1 Å². The molecule has 0 radical (unpaired) electrons. The molecule has 3 rings (SSSR count). The number of aromatic nitrogens is 2. The average molecular weight is 340 g/mol. The number of amides is 1. The number of nitrogens with one attached hydrogen (secondary N) is 1. The Kier molecular flexibility index (Phi) is 5.03. The van der Waals surface area contributed by atoms with Crippen LogP contribution >= 0.6 is 11.6 Å². The SMILES string of the molecule is O=C(Nc1cccc(OCc2ccccn2)c1)c1ccc(Cl)nc1. The summed E-state index contributed by atoms with van der Waals surface area (Å²) in [4.78, 5) is 20.3. The number of hydrogen-bond acceptors (Lipinski definition) is 4. The number of carbonyl (C=O) groups excluding carboxylic acids is 1. The second-order valence-corrected chi connectivity index (χ2v) is 5.35. The Balaban J connectivity index is 1.64. The van der Waals surface area contributed by atoms with Crippen LogP contribution in [0.1, 0.15) is 16.1 Å². The van der Waals surface area contributed by atoms with Crippen LogP contribution in [0.3, 0.4) is 0 Å². The quantitative estimate of drug-likeness (QED) is 0.714. The Bertz CT molecular complexity index is 823. The Hall–Kier alpha value is -2.92. The van der Waals surface area contributed by atoms with E-state index < -0.39 is 0 Å². The van der Waals surface area contributed by atoms with Crippen molar-refractivity contribution in [2.75, 3.05) is 5.32 Å². The largest absolute Gasteiger partial charge is 0.487 e. The number of anilines is 1. The predicted molar refractivity (Wildman–Crippen MR) is 92.2 cm³/mol. The van der Waals surface area contributed by atoms with Crippen molar-refractivity contribution in [1.29, 1.82) is 0 Å². The van der Waals surface area contributed by atoms with E-state index in [9.17, 15) is 4.79 Å². The highest BCUT2D eigenvalue weighted by molar-refractivity contribution is 6.29. The molecule has 0 aliphatic carbocycles. The monoisotopic (exact) mass is 339 g/mol. The topological polar surface area (TPSA) is 64.1 Å². The van der Waals surface area contributed by atoms with Crippen molar-refractivity contribution in [3.63, 3.8) is 0 Å². The van der Waals surface area contributed by atoms with Gasteiger partial charge in [0.05, 0.1) is 11.3 Å². The summed E-state index contributed by atoms with van der Waals surface area (Å²) >= 11 is 5.72. The maximum atomic E-state index is 12.2. The highest BCUT2D eigenvalue weighted by Crippen LogP contribution is 2.19. The summed E-state index contributed by atoms with van der Waals surface area (Å²) in [5.74, 6) is 0.383. The minimum Gasteiger partial charge on any atom is -0.487 e. The molecule has 0 aliphatic rings. The van der Waals surface area contributed by atoms with Crippen molar-refractivity contribution < 1.29 is 9.53 Å². The molecule has 3 aromatic rings. The van der Waals surface area contributed by atoms with E-state index in [4.69, 9.17) is 16.3 Å². The van der Waals surface area contributed by atoms with Crippen LogP contribution in [0.4, 0.5) is 5.69 Å². The number of carbonyl (C=O) groups is 1. The van der Waals surface area contributed by atoms with E-state index in [1.54, 1.807) is 30.5 Å². The second-order valence-electron chi connectivity index (χ2n) is 4.96. The zero-order chi connectivity index (χ0) is 16.8. The molecular formula is C18H14ClN3O2. The van der Waals surface area contributed by atoms with E-state index in [-0.39, 0.29) is 5.91 Å². The molecule has 2 aromatic heterocycles. The summed E-state index contributed by atoms with van der Waals surface area (Å²) in [6, 6.07) is 16.0. The second kappa shape index (κ2) is 7.57. The third-order valence-corrected chi connectivity index (χ3v) is 3.42. The predicted octanol–water partition coefficient (Wildman–Crippen LogP) is 3.96. The molecule has 6 heteroatoms. The fourth-order valence-electron chi connectivity index (χ4n) is 2.02. The highest BCUT2D eigenvalue weighted by Gasteiger charge is 2.07. The van der Waals surface area contributed by atoms with Gasteiger partial charge in [-0.15, -0.1) is 0 Å². The van der Waals surface area contributed by atoms with Gasteiger partial charge in [-0.1, -0.05) is 23.7 Å². The van der Waals surface area contributed by atoms with Gasteiger partial charge in [0.25, 0.3) is 5.91 Å². The van der Waals surface area contributed by atoms with Gasteiger partial charge in [0.15, 0.2) is 0 Å². The molecule has 120 valence electrons. The summed E-state index contributed by atoms with van der Waals surface area (Å²) in [5.41, 5.74) is 1.90. The van der Waals surface area contributed by atoms with Crippen molar-refractivity contribution >= 4 is 23.2 Å². The Morgan fingerprint density at radius 3 is 2.75 bits per heavy atom. The van der Waals surface area contributed by atoms with Gasteiger partial charge in [0.2, 0.25) is 0 Å². The summed E-state index contributed by atoms with van der Waals surface area (Å²) < 4.78 is 5.69. The maximum absolute atomic E-state index is 12.2. The van der Waals surface area contributed by atoms with E-state index in [1.165, 1.54) is 6.20 Å². The number of nitrogens with zero attached hydrogens (tertiary/aromatic N) is 2. The lowest BCUT2D eigenvalue weighted by Gasteiger charge is -2.09. The van der Waals surface area contributed by atoms with Gasteiger partial charge in [-0.3, -0.25) is 9.78 Å². The maximum Gasteiger partial charge on any atom is 0.257 e. The third kappa shape index (κ3) is 4.30. The van der Waals surface area contributed by atoms with Crippen LogP contribution in [0.5, 0.6) is 5.75 Å². The molecule has 5 nitrogen and oxygen atoms in total. The van der Waals surface area contributed by atoms with Crippen LogP contribution in [-0.2, 0) is 6.61 Å². The zero-order valence-corrected chi connectivity index (χ0v) is 13.4. The standard InChI is InChI=1S/C18H14ClN3O2/c19-17-8-7-13(11-21-17)18(23)22-14-5-3-6-16(10-14)24-12-15-4-1-2-9-20-15/h1-11H,12H2,(H,22,23). The Morgan fingerprint density at radius 2 is 2.00 bits per heavy atom. The first-order valence-corrected chi connectivity index (χ1v) is 7.64. The van der Waals surface area contributed by atoms with Crippen molar-refractivity contribution in [1.82, 2.24) is 9.97 Å². The van der Waals surface area contributed by atoms with Crippen molar-refractivity contribution in [2.24, 2.45) is 0 Å². The summed E-state index contributed by atoms with van der Waals surface area (Å²) in [6.07, 6.45) is 3.15. The number of pyridine rings is 2. The molecule has 0 fully saturated rings. The number of rotatable bonds is 5. The Morgan fingerprint density at radius 1 is 1.08 bits per heavy atom. The van der Waals surface area contributed by atoms with Crippen LogP contribution < -0.4 is 10.1 Å². The molecule has 1 aromatic carbocycles. The molecule has 0 saturated carbocycles. The normalized spacial score (nSPS) is 10.2. The van der Waals surface area contributed by atoms with Crippen molar-refractivity contribution in [3.8, 4) is 5.75 Å². The molecule has 1 amide bonds. The van der Waals surface area contributed by atoms with E-state index in [1.807, 2.05) is 30.3 Å². The van der Waals surface area contributed by atoms with E-state index >= 15 is 0 Å². The molecule has 0 spiro atoms. The molecule has 0 atom stereocenters. The summed E-state index contributed by atoms with van der Waals surface area (Å²) in [6.45, 7) is 0.360. The molecule has 0 bridgehead atoms. The fourth-order valence-corrected chi connectivity index (χ4v) is 2.13. The van der Waals surface area contributed by atoms with Gasteiger partial charge >= 0.3 is 0 Å². The lowest BCUT2D eigenvalue weighted by Crippen LogP contribution is -2.12. The first-order valence-electron chi connectivity index (χ1n) is 7.26. The number of ether oxygens (including phenoxy) is 1. The van der Waals surface area contributed by atoms with Gasteiger partial charge in [0, 0.05) is 24.1 Å². The van der Waals surface area contributed by atoms with Crippen molar-refractivity contribution in [3.05, 3.63) is 83.4 Å². The molecule has 0 aliphatic heterocycles. The molecule has 1 N–H and O–H groups in total. The molecule has 2 heterocycles. The molecule has 0 unspecified atom stereocenters. The zero-order valence-electron chi connectivity index (χ0n) is 12.6. The van der Waals surface area contributed by atoms with Gasteiger partial charge in [0.1, 0.15) is 17.5 Å². The molecule has 24 heavy (non-hydrogen) atoms. The first-order chi connectivity index (χ1) is 11.7. The number of benzene rings is 1. The molecular weight excluding hydrogens is 326 g/mol. The Labute approximate surface area is 144 Å². The fraction of sp³-hybridized carbons (Fsp3) is 0.0556. The minimum atomic E-state index is -0.263. The van der Waals surface area contributed by atoms with E-state index in [0.717, 1.165) is 5.69 Å². The average Bonchev–Trinajstić information content (AvgIpc) is 2.62. The van der Waals surface area contributed by atoms with Crippen LogP contribution in [0, 0.1) is 0 Å². The first kappa shape index (κ1) is 16.0. The van der Waals surface area contributed by atoms with Crippen LogP contribution in [0.2, 0.25) is 5.15 Å². The van der Waals surface area contributed by atoms with E-state index in [0.29, 0.717) is 28.8 Å².